The second-order valence-electron chi connectivity index (χ2n) is 7.40. The molecular formula is C21H22BrN7OS. The third-order valence-corrected chi connectivity index (χ3v) is 6.00. The number of nitrogen functional groups attached to an aromatic ring is 1. The number of benzene rings is 1. The van der Waals surface area contributed by atoms with Crippen LogP contribution in [0.2, 0.25) is 0 Å². The monoisotopic (exact) mass is 499 g/mol. The Balaban J connectivity index is 1.38. The molecule has 1 atom stereocenters. The Bertz CT molecular complexity index is 1120. The summed E-state index contributed by atoms with van der Waals surface area (Å²) in [4.78, 5) is 19.1. The van der Waals surface area contributed by atoms with Crippen LogP contribution < -0.4 is 16.4 Å². The zero-order chi connectivity index (χ0) is 22.0. The van der Waals surface area contributed by atoms with Crippen molar-refractivity contribution in [3.63, 3.8) is 0 Å². The molecular weight excluding hydrogens is 478 g/mol. The molecule has 0 saturated carbocycles. The van der Waals surface area contributed by atoms with Gasteiger partial charge in [-0.05, 0) is 49.0 Å². The van der Waals surface area contributed by atoms with Crippen LogP contribution >= 0.6 is 28.1 Å². The Morgan fingerprint density at radius 1 is 1.26 bits per heavy atom. The lowest BCUT2D eigenvalue weighted by Gasteiger charge is -2.21. The average molecular weight is 500 g/mol. The number of nitrogens with zero attached hydrogens (tertiary/aromatic N) is 4. The van der Waals surface area contributed by atoms with Gasteiger partial charge in [0.15, 0.2) is 5.11 Å². The number of hydrogen-bond donors (Lipinski definition) is 3. The highest BCUT2D eigenvalue weighted by Gasteiger charge is 2.26. The summed E-state index contributed by atoms with van der Waals surface area (Å²) in [5.41, 5.74) is 8.93. The van der Waals surface area contributed by atoms with Crippen molar-refractivity contribution in [1.29, 1.82) is 0 Å². The van der Waals surface area contributed by atoms with Crippen molar-refractivity contribution >= 4 is 50.7 Å². The van der Waals surface area contributed by atoms with Crippen LogP contribution in [-0.4, -0.2) is 49.8 Å². The first-order valence-corrected chi connectivity index (χ1v) is 11.0. The predicted octanol–water partition coefficient (Wildman–Crippen LogP) is 3.03. The van der Waals surface area contributed by atoms with Crippen molar-refractivity contribution in [3.05, 3.63) is 59.0 Å². The van der Waals surface area contributed by atoms with Gasteiger partial charge in [-0.3, -0.25) is 9.48 Å². The Morgan fingerprint density at radius 3 is 2.74 bits per heavy atom. The molecule has 1 saturated heterocycles. The first-order valence-electron chi connectivity index (χ1n) is 9.76. The quantitative estimate of drug-likeness (QED) is 0.474. The van der Waals surface area contributed by atoms with E-state index in [4.69, 9.17) is 18.0 Å². The average Bonchev–Trinajstić information content (AvgIpc) is 3.39. The largest absolute Gasteiger partial charge is 0.383 e. The molecule has 1 fully saturated rings. The van der Waals surface area contributed by atoms with Crippen LogP contribution in [0.15, 0.2) is 53.4 Å². The van der Waals surface area contributed by atoms with Gasteiger partial charge in [-0.15, -0.1) is 0 Å². The minimum atomic E-state index is -0.241. The first kappa shape index (κ1) is 21.3. The molecule has 0 bridgehead atoms. The zero-order valence-corrected chi connectivity index (χ0v) is 19.3. The third kappa shape index (κ3) is 5.02. The van der Waals surface area contributed by atoms with Crippen molar-refractivity contribution in [1.82, 2.24) is 25.0 Å². The van der Waals surface area contributed by atoms with Gasteiger partial charge in [-0.25, -0.2) is 4.98 Å². The number of carbonyl (C=O) groups is 1. The Hall–Kier alpha value is -2.98. The number of nitrogens with one attached hydrogen (secondary N) is 2. The van der Waals surface area contributed by atoms with Crippen LogP contribution in [0.25, 0.3) is 11.1 Å². The summed E-state index contributed by atoms with van der Waals surface area (Å²) < 4.78 is 2.71. The number of aryl methyl sites for hydroxylation is 1. The second-order valence-corrected chi connectivity index (χ2v) is 8.70. The maximum absolute atomic E-state index is 12.9. The lowest BCUT2D eigenvalue weighted by Crippen LogP contribution is -2.39. The Kier molecular flexibility index (Phi) is 6.19. The van der Waals surface area contributed by atoms with Gasteiger partial charge in [0, 0.05) is 59.9 Å². The van der Waals surface area contributed by atoms with Gasteiger partial charge < -0.3 is 21.3 Å². The van der Waals surface area contributed by atoms with Crippen molar-refractivity contribution in [2.24, 2.45) is 7.05 Å². The molecule has 1 aromatic carbocycles. The van der Waals surface area contributed by atoms with Crippen LogP contribution in [0.5, 0.6) is 0 Å². The number of aromatic nitrogens is 3. The summed E-state index contributed by atoms with van der Waals surface area (Å²) >= 11 is 8.96. The summed E-state index contributed by atoms with van der Waals surface area (Å²) in [7, 11) is 1.84. The number of pyridine rings is 1. The van der Waals surface area contributed by atoms with Gasteiger partial charge in [0.2, 0.25) is 0 Å². The second kappa shape index (κ2) is 9.03. The standard InChI is InChI=1S/C21H22BrN7OS/c1-28-11-14(10-25-28)13-8-18(19(23)24-9-13)20(30)26-17-6-7-29(12-17)21(31)27-16-4-2-15(22)3-5-16/h2-5,8-11,17H,6-7,12H2,1H3,(H2,23,24)(H,26,30)(H,27,31)/t17-/m1/s1. The zero-order valence-electron chi connectivity index (χ0n) is 16.9. The van der Waals surface area contributed by atoms with E-state index in [-0.39, 0.29) is 17.8 Å². The highest BCUT2D eigenvalue weighted by atomic mass is 79.9. The minimum Gasteiger partial charge on any atom is -0.383 e. The number of rotatable bonds is 4. The molecule has 31 heavy (non-hydrogen) atoms. The maximum atomic E-state index is 12.9. The van der Waals surface area contributed by atoms with Gasteiger partial charge in [-0.1, -0.05) is 15.9 Å². The fourth-order valence-electron chi connectivity index (χ4n) is 3.45. The summed E-state index contributed by atoms with van der Waals surface area (Å²) in [5.74, 6) is -0.0400. The highest BCUT2D eigenvalue weighted by molar-refractivity contribution is 9.10. The number of anilines is 2. The van der Waals surface area contributed by atoms with Gasteiger partial charge in [0.25, 0.3) is 5.91 Å². The fraction of sp³-hybridized carbons (Fsp3) is 0.238. The fourth-order valence-corrected chi connectivity index (χ4v) is 3.99. The van der Waals surface area contributed by atoms with Gasteiger partial charge >= 0.3 is 0 Å². The lowest BCUT2D eigenvalue weighted by atomic mass is 10.1. The van der Waals surface area contributed by atoms with E-state index in [1.54, 1.807) is 23.1 Å². The molecule has 0 aliphatic carbocycles. The minimum absolute atomic E-state index is 0.0291. The van der Waals surface area contributed by atoms with Crippen molar-refractivity contribution in [2.75, 3.05) is 24.1 Å². The van der Waals surface area contributed by atoms with Crippen molar-refractivity contribution < 1.29 is 4.79 Å². The third-order valence-electron chi connectivity index (χ3n) is 5.11. The molecule has 3 heterocycles. The van der Waals surface area contributed by atoms with Crippen LogP contribution in [0.1, 0.15) is 16.8 Å². The lowest BCUT2D eigenvalue weighted by molar-refractivity contribution is 0.0939. The number of carbonyl (C=O) groups excluding carboxylic acids is 1. The molecule has 3 aromatic rings. The number of likely N-dealkylation sites (tertiary alicyclic amines) is 1. The first-order chi connectivity index (χ1) is 14.9. The van der Waals surface area contributed by atoms with Crippen LogP contribution in [0.3, 0.4) is 0 Å². The van der Waals surface area contributed by atoms with E-state index in [1.165, 1.54) is 0 Å². The highest BCUT2D eigenvalue weighted by Crippen LogP contribution is 2.22. The molecule has 4 rings (SSSR count). The number of hydrogen-bond acceptors (Lipinski definition) is 5. The van der Waals surface area contributed by atoms with Crippen molar-refractivity contribution in [2.45, 2.75) is 12.5 Å². The van der Waals surface area contributed by atoms with Crippen LogP contribution in [-0.2, 0) is 7.05 Å². The van der Waals surface area contributed by atoms with E-state index in [2.05, 4.69) is 41.5 Å². The smallest absolute Gasteiger partial charge is 0.255 e. The number of halogens is 1. The maximum Gasteiger partial charge on any atom is 0.255 e. The Morgan fingerprint density at radius 2 is 2.03 bits per heavy atom. The summed E-state index contributed by atoms with van der Waals surface area (Å²) in [5, 5.41) is 11.1. The predicted molar refractivity (Wildman–Crippen MR) is 129 cm³/mol. The molecule has 2 aromatic heterocycles. The van der Waals surface area contributed by atoms with Crippen molar-refractivity contribution in [3.8, 4) is 11.1 Å². The molecule has 4 N–H and O–H groups in total. The summed E-state index contributed by atoms with van der Waals surface area (Å²) in [6.45, 7) is 1.39. The number of amides is 1. The Labute approximate surface area is 194 Å². The normalized spacial score (nSPS) is 15.7. The van der Waals surface area contributed by atoms with E-state index in [0.717, 1.165) is 34.3 Å². The summed E-state index contributed by atoms with van der Waals surface area (Å²) in [6, 6.07) is 9.54. The van der Waals surface area contributed by atoms with E-state index in [0.29, 0.717) is 17.2 Å². The van der Waals surface area contributed by atoms with Gasteiger partial charge in [0.05, 0.1) is 11.8 Å². The SMILES string of the molecule is Cn1cc(-c2cnc(N)c(C(=O)N[C@@H]3CCN(C(=S)Nc4ccc(Br)cc4)C3)c2)cn1. The van der Waals surface area contributed by atoms with E-state index in [1.807, 2.05) is 37.5 Å². The van der Waals surface area contributed by atoms with Crippen LogP contribution in [0, 0.1) is 0 Å². The molecule has 1 amide bonds. The molecule has 10 heteroatoms. The van der Waals surface area contributed by atoms with Gasteiger partial charge in [0.1, 0.15) is 5.82 Å². The molecule has 0 radical (unpaired) electrons. The number of thiocarbonyl (C=S) groups is 1. The molecule has 1 aliphatic rings. The van der Waals surface area contributed by atoms with Crippen LogP contribution in [0.4, 0.5) is 11.5 Å². The molecule has 0 unspecified atom stereocenters. The van der Waals surface area contributed by atoms with E-state index in [9.17, 15) is 4.79 Å². The molecule has 160 valence electrons. The molecule has 8 nitrogen and oxygen atoms in total. The van der Waals surface area contributed by atoms with E-state index >= 15 is 0 Å². The molecule has 1 aliphatic heterocycles. The topological polar surface area (TPSA) is 101 Å². The number of nitrogens with two attached hydrogens (primary N) is 1. The van der Waals surface area contributed by atoms with Gasteiger partial charge in [-0.2, -0.15) is 5.10 Å². The molecule has 0 spiro atoms. The summed E-state index contributed by atoms with van der Waals surface area (Å²) in [6.07, 6.45) is 6.03. The van der Waals surface area contributed by atoms with E-state index < -0.39 is 0 Å².